The third-order valence-corrected chi connectivity index (χ3v) is 9.55. The maximum absolute atomic E-state index is 12.8. The van der Waals surface area contributed by atoms with Gasteiger partial charge in [0.2, 0.25) is 5.91 Å². The number of nitrogens with zero attached hydrogens (tertiary/aromatic N) is 1. The number of likely N-dealkylation sites (tertiary alicyclic amines) is 1. The molecule has 4 aliphatic rings. The van der Waals surface area contributed by atoms with Crippen molar-refractivity contribution in [2.75, 3.05) is 40.4 Å². The minimum atomic E-state index is -0.717. The Morgan fingerprint density at radius 3 is 1.45 bits per heavy atom. The molecule has 0 aromatic heterocycles. The molecule has 9 nitrogen and oxygen atoms in total. The number of hydrogen-bond acceptors (Lipinski definition) is 7. The highest BCUT2D eigenvalue weighted by atomic mass is 35.5. The number of amides is 1. The van der Waals surface area contributed by atoms with Crippen LogP contribution in [0.1, 0.15) is 49.7 Å². The second-order valence-electron chi connectivity index (χ2n) is 11.5. The number of ether oxygens (including phenoxy) is 2. The summed E-state index contributed by atoms with van der Waals surface area (Å²) in [5.41, 5.74) is 0.862. The smallest absolute Gasteiger partial charge is 0.314 e. The number of esters is 2. The van der Waals surface area contributed by atoms with Gasteiger partial charge >= 0.3 is 17.9 Å². The summed E-state index contributed by atoms with van der Waals surface area (Å²) >= 11 is 11.7. The van der Waals surface area contributed by atoms with E-state index in [1.54, 1.807) is 17.0 Å². The molecule has 2 N–H and O–H groups in total. The molecule has 1 amide bonds. The van der Waals surface area contributed by atoms with E-state index in [-0.39, 0.29) is 42.1 Å². The van der Waals surface area contributed by atoms with Gasteiger partial charge in [-0.05, 0) is 61.1 Å². The molecular formula is C32H39Cl3N2O7. The topological polar surface area (TPSA) is 122 Å². The first-order chi connectivity index (χ1) is 20.6. The van der Waals surface area contributed by atoms with E-state index in [4.69, 9.17) is 27.9 Å². The average molecular weight is 670 g/mol. The van der Waals surface area contributed by atoms with Crippen LogP contribution >= 0.6 is 35.6 Å². The van der Waals surface area contributed by atoms with Gasteiger partial charge in [0.1, 0.15) is 0 Å². The van der Waals surface area contributed by atoms with Crippen LogP contribution in [0.2, 0.25) is 10.0 Å². The van der Waals surface area contributed by atoms with E-state index in [0.717, 1.165) is 62.7 Å². The second kappa shape index (κ2) is 15.4. The summed E-state index contributed by atoms with van der Waals surface area (Å²) in [6.45, 7) is 2.51. The van der Waals surface area contributed by atoms with Crippen molar-refractivity contribution in [3.63, 3.8) is 0 Å². The van der Waals surface area contributed by atoms with Crippen LogP contribution < -0.4 is 5.32 Å². The Bertz CT molecular complexity index is 1300. The van der Waals surface area contributed by atoms with E-state index in [0.29, 0.717) is 23.1 Å². The van der Waals surface area contributed by atoms with Crippen LogP contribution in [0.3, 0.4) is 0 Å². The van der Waals surface area contributed by atoms with Crippen LogP contribution in [0.15, 0.2) is 48.5 Å². The molecule has 4 fully saturated rings. The fourth-order valence-corrected chi connectivity index (χ4v) is 5.99. The highest BCUT2D eigenvalue weighted by Gasteiger charge is 2.51. The number of benzene rings is 2. The first-order valence-electron chi connectivity index (χ1n) is 14.5. The van der Waals surface area contributed by atoms with Gasteiger partial charge in [0.25, 0.3) is 0 Å². The Hall–Kier alpha value is -2.85. The highest BCUT2D eigenvalue weighted by molar-refractivity contribution is 6.30. The lowest BCUT2D eigenvalue weighted by Gasteiger charge is -2.48. The molecular weight excluding hydrogens is 631 g/mol. The standard InChI is InChI=1S/C16H18ClNO3.C11H11ClO2.C5H9NO2.ClH/c1-21-14(19)11-9-18(10-11)15(20)16(7-2-8-16)12-3-5-13(17)6-4-12;12-9-4-2-8(3-5-9)11(10(13)14)6-1-7-11;1-8-5(7)4-2-6-3-4;/h3-6,11H,2,7-10H2,1H3;2-5H,1,6-7H2,(H,13,14);4,6H,2-3H2,1H3;1H. The van der Waals surface area contributed by atoms with Crippen LogP contribution in [0.4, 0.5) is 0 Å². The molecule has 2 aliphatic heterocycles. The van der Waals surface area contributed by atoms with Gasteiger partial charge in [0, 0.05) is 36.2 Å². The lowest BCUT2D eigenvalue weighted by Crippen LogP contribution is -2.60. The Balaban J connectivity index is 0.000000198. The van der Waals surface area contributed by atoms with Crippen molar-refractivity contribution in [2.45, 2.75) is 49.4 Å². The number of hydrogen-bond donors (Lipinski definition) is 2. The van der Waals surface area contributed by atoms with Crippen molar-refractivity contribution in [1.29, 1.82) is 0 Å². The van der Waals surface area contributed by atoms with Gasteiger partial charge in [-0.15, -0.1) is 12.4 Å². The van der Waals surface area contributed by atoms with Gasteiger partial charge < -0.3 is 24.8 Å². The maximum atomic E-state index is 12.8. The van der Waals surface area contributed by atoms with Crippen molar-refractivity contribution in [1.82, 2.24) is 10.2 Å². The summed E-state index contributed by atoms with van der Waals surface area (Å²) in [5.74, 6) is -0.944. The van der Waals surface area contributed by atoms with Gasteiger partial charge in [-0.2, -0.15) is 0 Å². The van der Waals surface area contributed by atoms with Gasteiger partial charge in [-0.25, -0.2) is 0 Å². The summed E-state index contributed by atoms with van der Waals surface area (Å²) in [6.07, 6.45) is 5.27. The third kappa shape index (κ3) is 7.50. The van der Waals surface area contributed by atoms with Gasteiger partial charge in [-0.3, -0.25) is 19.2 Å². The number of halogens is 3. The van der Waals surface area contributed by atoms with Crippen LogP contribution in [-0.4, -0.2) is 74.2 Å². The zero-order chi connectivity index (χ0) is 31.2. The van der Waals surface area contributed by atoms with E-state index in [1.165, 1.54) is 14.2 Å². The molecule has 2 heterocycles. The summed E-state index contributed by atoms with van der Waals surface area (Å²) in [6, 6.07) is 14.7. The van der Waals surface area contributed by atoms with E-state index >= 15 is 0 Å². The van der Waals surface area contributed by atoms with Gasteiger partial charge in [0.05, 0.1) is 36.9 Å². The zero-order valence-corrected chi connectivity index (χ0v) is 27.2. The monoisotopic (exact) mass is 668 g/mol. The van der Waals surface area contributed by atoms with Crippen LogP contribution in [0.25, 0.3) is 0 Å². The number of carboxylic acids is 1. The molecule has 2 aliphatic carbocycles. The van der Waals surface area contributed by atoms with E-state index < -0.39 is 16.8 Å². The Morgan fingerprint density at radius 2 is 1.16 bits per heavy atom. The predicted molar refractivity (Wildman–Crippen MR) is 169 cm³/mol. The minimum absolute atomic E-state index is 0. The fraction of sp³-hybridized carbons (Fsp3) is 0.500. The molecule has 0 unspecified atom stereocenters. The number of carboxylic acid groups (broad SMARTS) is 1. The summed E-state index contributed by atoms with van der Waals surface area (Å²) in [4.78, 5) is 47.7. The number of carbonyl (C=O) groups excluding carboxylic acids is 3. The molecule has 44 heavy (non-hydrogen) atoms. The fourth-order valence-electron chi connectivity index (χ4n) is 5.74. The Morgan fingerprint density at radius 1 is 0.750 bits per heavy atom. The number of aliphatic carboxylic acids is 1. The number of carbonyl (C=O) groups is 4. The van der Waals surface area contributed by atoms with E-state index in [1.807, 2.05) is 36.4 Å². The van der Waals surface area contributed by atoms with E-state index in [2.05, 4.69) is 10.1 Å². The molecule has 0 spiro atoms. The van der Waals surface area contributed by atoms with Gasteiger partial charge in [0.15, 0.2) is 0 Å². The van der Waals surface area contributed by atoms with Gasteiger partial charge in [-0.1, -0.05) is 60.3 Å². The lowest BCUT2D eigenvalue weighted by atomic mass is 9.63. The first kappa shape index (κ1) is 35.6. The molecule has 0 radical (unpaired) electrons. The summed E-state index contributed by atoms with van der Waals surface area (Å²) < 4.78 is 9.19. The van der Waals surface area contributed by atoms with Crippen molar-refractivity contribution >= 4 is 59.4 Å². The molecule has 12 heteroatoms. The summed E-state index contributed by atoms with van der Waals surface area (Å²) in [7, 11) is 2.80. The molecule has 0 bridgehead atoms. The first-order valence-corrected chi connectivity index (χ1v) is 15.2. The molecule has 2 saturated carbocycles. The van der Waals surface area contributed by atoms with Crippen LogP contribution in [-0.2, 0) is 39.5 Å². The molecule has 2 aromatic carbocycles. The molecule has 6 rings (SSSR count). The number of methoxy groups -OCH3 is 2. The van der Waals surface area contributed by atoms with Crippen LogP contribution in [0, 0.1) is 11.8 Å². The predicted octanol–water partition coefficient (Wildman–Crippen LogP) is 5.04. The normalized spacial score (nSPS) is 19.2. The Kier molecular flexibility index (Phi) is 12.5. The highest BCUT2D eigenvalue weighted by Crippen LogP contribution is 2.46. The minimum Gasteiger partial charge on any atom is -0.481 e. The van der Waals surface area contributed by atoms with Crippen molar-refractivity contribution < 1.29 is 33.8 Å². The maximum Gasteiger partial charge on any atom is 0.314 e. The SMILES string of the molecule is COC(=O)C1CN(C(=O)C2(c3ccc(Cl)cc3)CCC2)C1.COC(=O)C1CNC1.Cl.O=C(O)C1(c2ccc(Cl)cc2)CCC1. The zero-order valence-electron chi connectivity index (χ0n) is 24.9. The van der Waals surface area contributed by atoms with Crippen LogP contribution in [0.5, 0.6) is 0 Å². The average Bonchev–Trinajstić information content (AvgIpc) is 2.88. The second-order valence-corrected chi connectivity index (χ2v) is 12.4. The van der Waals surface area contributed by atoms with Crippen molar-refractivity contribution in [3.8, 4) is 0 Å². The van der Waals surface area contributed by atoms with Crippen molar-refractivity contribution in [2.24, 2.45) is 11.8 Å². The lowest BCUT2D eigenvalue weighted by molar-refractivity contribution is -0.159. The molecule has 240 valence electrons. The number of nitrogens with one attached hydrogen (secondary N) is 1. The number of rotatable bonds is 6. The third-order valence-electron chi connectivity index (χ3n) is 9.05. The molecule has 2 saturated heterocycles. The van der Waals surface area contributed by atoms with Crippen molar-refractivity contribution in [3.05, 3.63) is 69.7 Å². The summed E-state index contributed by atoms with van der Waals surface area (Å²) in [5, 5.41) is 13.5. The molecule has 0 atom stereocenters. The largest absolute Gasteiger partial charge is 0.481 e. The van der Waals surface area contributed by atoms with E-state index in [9.17, 15) is 24.3 Å². The Labute approximate surface area is 274 Å². The molecule has 2 aromatic rings. The quantitative estimate of drug-likeness (QED) is 0.411.